The van der Waals surface area contributed by atoms with Crippen molar-refractivity contribution in [2.75, 3.05) is 7.11 Å². The lowest BCUT2D eigenvalue weighted by molar-refractivity contribution is -0.117. The lowest BCUT2D eigenvalue weighted by Crippen LogP contribution is -2.10. The third-order valence-electron chi connectivity index (χ3n) is 3.48. The molecule has 19 heavy (non-hydrogen) atoms. The first-order valence-corrected chi connectivity index (χ1v) is 6.56. The summed E-state index contributed by atoms with van der Waals surface area (Å²) in [6.45, 7) is 7.53. The number of esters is 1. The molecule has 3 heteroatoms. The van der Waals surface area contributed by atoms with Crippen LogP contribution in [0.4, 0.5) is 0 Å². The first-order valence-electron chi connectivity index (χ1n) is 6.56. The average molecular weight is 262 g/mol. The van der Waals surface area contributed by atoms with E-state index in [1.165, 1.54) is 12.7 Å². The quantitative estimate of drug-likeness (QED) is 0.765. The van der Waals surface area contributed by atoms with Crippen molar-refractivity contribution in [1.29, 1.82) is 0 Å². The molecule has 1 rings (SSSR count). The van der Waals surface area contributed by atoms with Gasteiger partial charge in [0.25, 0.3) is 0 Å². The Bertz CT molecular complexity index is 501. The molecule has 0 aliphatic heterocycles. The smallest absolute Gasteiger partial charge is 0.338 e. The summed E-state index contributed by atoms with van der Waals surface area (Å²) in [6.07, 6.45) is 2.22. The number of hydrogen-bond acceptors (Lipinski definition) is 3. The van der Waals surface area contributed by atoms with Crippen LogP contribution in [0.1, 0.15) is 52.4 Å². The molecule has 0 unspecified atom stereocenters. The van der Waals surface area contributed by atoms with Crippen molar-refractivity contribution < 1.29 is 14.3 Å². The Balaban J connectivity index is 3.10. The van der Waals surface area contributed by atoms with Crippen LogP contribution in [0.2, 0.25) is 0 Å². The molecule has 0 atom stereocenters. The largest absolute Gasteiger partial charge is 0.465 e. The summed E-state index contributed by atoms with van der Waals surface area (Å²) in [5.74, 6) is -0.0848. The molecule has 0 heterocycles. The zero-order valence-corrected chi connectivity index (χ0v) is 12.4. The molecule has 0 radical (unpaired) electrons. The Morgan fingerprint density at radius 2 is 1.79 bits per heavy atom. The van der Waals surface area contributed by atoms with Gasteiger partial charge in [0.15, 0.2) is 0 Å². The second kappa shape index (κ2) is 6.50. The highest BCUT2D eigenvalue weighted by Crippen LogP contribution is 2.24. The summed E-state index contributed by atoms with van der Waals surface area (Å²) in [7, 11) is 1.40. The highest BCUT2D eigenvalue weighted by molar-refractivity contribution is 5.93. The van der Waals surface area contributed by atoms with Crippen molar-refractivity contribution in [3.05, 3.63) is 33.9 Å². The molecule has 0 aliphatic carbocycles. The van der Waals surface area contributed by atoms with E-state index in [2.05, 4.69) is 0 Å². The standard InChI is InChI=1S/C16H22O3/c1-10-9-11(2)15(16(18)19-5)13(4)14(10)8-6-7-12(3)17/h9H,6-8H2,1-5H3. The van der Waals surface area contributed by atoms with Crippen molar-refractivity contribution in [2.45, 2.75) is 47.0 Å². The molecule has 104 valence electrons. The van der Waals surface area contributed by atoms with E-state index in [-0.39, 0.29) is 11.8 Å². The maximum Gasteiger partial charge on any atom is 0.338 e. The second-order valence-electron chi connectivity index (χ2n) is 5.04. The fraction of sp³-hybridized carbons (Fsp3) is 0.500. The molecule has 0 N–H and O–H groups in total. The van der Waals surface area contributed by atoms with Crippen molar-refractivity contribution in [3.8, 4) is 0 Å². The van der Waals surface area contributed by atoms with Crippen LogP contribution in [-0.4, -0.2) is 18.9 Å². The van der Waals surface area contributed by atoms with E-state index in [1.54, 1.807) is 6.92 Å². The van der Waals surface area contributed by atoms with E-state index in [9.17, 15) is 9.59 Å². The Morgan fingerprint density at radius 1 is 1.16 bits per heavy atom. The number of Topliss-reactive ketones (excluding diaryl/α,β-unsaturated/α-hetero) is 1. The van der Waals surface area contributed by atoms with Crippen LogP contribution in [0.5, 0.6) is 0 Å². The lowest BCUT2D eigenvalue weighted by Gasteiger charge is -2.15. The predicted octanol–water partition coefficient (Wildman–Crippen LogP) is 3.31. The lowest BCUT2D eigenvalue weighted by atomic mass is 9.90. The van der Waals surface area contributed by atoms with Crippen molar-refractivity contribution >= 4 is 11.8 Å². The van der Waals surface area contributed by atoms with Crippen molar-refractivity contribution in [2.24, 2.45) is 0 Å². The van der Waals surface area contributed by atoms with Crippen molar-refractivity contribution in [1.82, 2.24) is 0 Å². The molecular formula is C16H22O3. The van der Waals surface area contributed by atoms with Gasteiger partial charge in [0.1, 0.15) is 5.78 Å². The number of aryl methyl sites for hydroxylation is 2. The number of carbonyl (C=O) groups excluding carboxylic acids is 2. The fourth-order valence-electron chi connectivity index (χ4n) is 2.54. The van der Waals surface area contributed by atoms with Crippen LogP contribution in [0, 0.1) is 20.8 Å². The average Bonchev–Trinajstić information content (AvgIpc) is 2.32. The second-order valence-corrected chi connectivity index (χ2v) is 5.04. The van der Waals surface area contributed by atoms with Gasteiger partial charge in [-0.25, -0.2) is 4.79 Å². The number of ketones is 1. The van der Waals surface area contributed by atoms with E-state index in [4.69, 9.17) is 4.74 Å². The minimum atomic E-state index is -0.289. The molecule has 0 amide bonds. The van der Waals surface area contributed by atoms with Crippen LogP contribution < -0.4 is 0 Å². The van der Waals surface area contributed by atoms with Gasteiger partial charge in [-0.15, -0.1) is 0 Å². The molecule has 0 aromatic heterocycles. The van der Waals surface area contributed by atoms with Gasteiger partial charge in [-0.2, -0.15) is 0 Å². The molecule has 0 bridgehead atoms. The monoisotopic (exact) mass is 262 g/mol. The van der Waals surface area contributed by atoms with Gasteiger partial charge in [-0.1, -0.05) is 6.07 Å². The van der Waals surface area contributed by atoms with E-state index >= 15 is 0 Å². The van der Waals surface area contributed by atoms with Gasteiger partial charge in [0.2, 0.25) is 0 Å². The molecule has 0 fully saturated rings. The van der Waals surface area contributed by atoms with Gasteiger partial charge in [0.05, 0.1) is 12.7 Å². The van der Waals surface area contributed by atoms with E-state index in [0.29, 0.717) is 12.0 Å². The van der Waals surface area contributed by atoms with E-state index in [1.807, 2.05) is 26.8 Å². The third kappa shape index (κ3) is 3.66. The summed E-state index contributed by atoms with van der Waals surface area (Å²) < 4.78 is 4.84. The van der Waals surface area contributed by atoms with E-state index in [0.717, 1.165) is 29.5 Å². The topological polar surface area (TPSA) is 43.4 Å². The maximum atomic E-state index is 11.8. The third-order valence-corrected chi connectivity index (χ3v) is 3.48. The number of ether oxygens (including phenoxy) is 1. The van der Waals surface area contributed by atoms with Gasteiger partial charge in [0, 0.05) is 6.42 Å². The van der Waals surface area contributed by atoms with Crippen LogP contribution >= 0.6 is 0 Å². The number of methoxy groups -OCH3 is 1. The van der Waals surface area contributed by atoms with Gasteiger partial charge in [-0.3, -0.25) is 0 Å². The Morgan fingerprint density at radius 3 is 2.32 bits per heavy atom. The minimum absolute atomic E-state index is 0.204. The number of hydrogen-bond donors (Lipinski definition) is 0. The molecule has 3 nitrogen and oxygen atoms in total. The first-order chi connectivity index (χ1) is 8.88. The molecule has 1 aromatic carbocycles. The molecular weight excluding hydrogens is 240 g/mol. The summed E-state index contributed by atoms with van der Waals surface area (Å²) in [6, 6.07) is 2.02. The Labute approximate surface area is 115 Å². The number of carbonyl (C=O) groups is 2. The van der Waals surface area contributed by atoms with Gasteiger partial charge in [-0.05, 0) is 62.8 Å². The number of rotatable bonds is 5. The minimum Gasteiger partial charge on any atom is -0.465 e. The highest BCUT2D eigenvalue weighted by Gasteiger charge is 2.17. The summed E-state index contributed by atoms with van der Waals surface area (Å²) in [5.41, 5.74) is 4.91. The normalized spacial score (nSPS) is 10.4. The SMILES string of the molecule is COC(=O)c1c(C)cc(C)c(CCCC(C)=O)c1C. The van der Waals surface area contributed by atoms with Crippen LogP contribution in [-0.2, 0) is 16.0 Å². The predicted molar refractivity (Wildman–Crippen MR) is 75.6 cm³/mol. The summed E-state index contributed by atoms with van der Waals surface area (Å²) >= 11 is 0. The highest BCUT2D eigenvalue weighted by atomic mass is 16.5. The molecule has 0 aliphatic rings. The molecule has 0 saturated heterocycles. The first kappa shape index (κ1) is 15.4. The Kier molecular flexibility index (Phi) is 5.28. The summed E-state index contributed by atoms with van der Waals surface area (Å²) in [4.78, 5) is 22.8. The van der Waals surface area contributed by atoms with Gasteiger partial charge < -0.3 is 9.53 Å². The maximum absolute atomic E-state index is 11.8. The van der Waals surface area contributed by atoms with Crippen LogP contribution in [0.15, 0.2) is 6.07 Å². The molecule has 0 spiro atoms. The van der Waals surface area contributed by atoms with Crippen LogP contribution in [0.3, 0.4) is 0 Å². The van der Waals surface area contributed by atoms with Crippen LogP contribution in [0.25, 0.3) is 0 Å². The zero-order chi connectivity index (χ0) is 14.6. The number of benzene rings is 1. The zero-order valence-electron chi connectivity index (χ0n) is 12.4. The fourth-order valence-corrected chi connectivity index (χ4v) is 2.54. The summed E-state index contributed by atoms with van der Waals surface area (Å²) in [5, 5.41) is 0. The Hall–Kier alpha value is -1.64. The van der Waals surface area contributed by atoms with Gasteiger partial charge >= 0.3 is 5.97 Å². The van der Waals surface area contributed by atoms with Crippen molar-refractivity contribution in [3.63, 3.8) is 0 Å². The molecule has 0 saturated carbocycles. The van der Waals surface area contributed by atoms with E-state index < -0.39 is 0 Å². The molecule has 1 aromatic rings.